The Hall–Kier alpha value is -3.34. The molecule has 0 spiro atoms. The van der Waals surface area contributed by atoms with Gasteiger partial charge in [-0.05, 0) is 80.4 Å². The molecule has 0 radical (unpaired) electrons. The summed E-state index contributed by atoms with van der Waals surface area (Å²) in [5, 5.41) is 26.5. The van der Waals surface area contributed by atoms with Crippen LogP contribution in [0, 0.1) is 20.8 Å². The lowest BCUT2D eigenvalue weighted by Gasteiger charge is -2.05. The van der Waals surface area contributed by atoms with E-state index in [0.717, 1.165) is 28.2 Å². The first kappa shape index (κ1) is 17.5. The van der Waals surface area contributed by atoms with E-state index < -0.39 is 0 Å². The maximum atomic E-state index is 9.32. The number of rotatable bonds is 4. The summed E-state index contributed by atoms with van der Waals surface area (Å²) in [6.07, 6.45) is 0. The molecule has 0 saturated heterocycles. The van der Waals surface area contributed by atoms with E-state index in [1.165, 1.54) is 5.56 Å². The van der Waals surface area contributed by atoms with Crippen molar-refractivity contribution in [1.29, 1.82) is 0 Å². The predicted molar refractivity (Wildman–Crippen MR) is 104 cm³/mol. The van der Waals surface area contributed by atoms with Gasteiger partial charge in [0.2, 0.25) is 0 Å². The van der Waals surface area contributed by atoms with Gasteiger partial charge in [0, 0.05) is 0 Å². The first-order valence-electron chi connectivity index (χ1n) is 8.32. The third-order valence-corrected chi connectivity index (χ3v) is 3.91. The number of benzene rings is 3. The summed E-state index contributed by atoms with van der Waals surface area (Å²) in [7, 11) is 0. The Morgan fingerprint density at radius 3 is 1.62 bits per heavy atom. The highest BCUT2D eigenvalue weighted by Crippen LogP contribution is 2.31. The molecule has 130 valence electrons. The average molecular weight is 344 g/mol. The molecule has 5 nitrogen and oxygen atoms in total. The van der Waals surface area contributed by atoms with Gasteiger partial charge in [-0.2, -0.15) is 20.5 Å². The Morgan fingerprint density at radius 1 is 0.577 bits per heavy atom. The van der Waals surface area contributed by atoms with Crippen LogP contribution in [0.4, 0.5) is 22.7 Å². The van der Waals surface area contributed by atoms with Gasteiger partial charge in [0.15, 0.2) is 0 Å². The van der Waals surface area contributed by atoms with Crippen LogP contribution in [0.2, 0.25) is 0 Å². The average Bonchev–Trinajstić information content (AvgIpc) is 2.62. The van der Waals surface area contributed by atoms with Crippen molar-refractivity contribution in [2.75, 3.05) is 0 Å². The quantitative estimate of drug-likeness (QED) is 0.502. The molecule has 0 aromatic heterocycles. The van der Waals surface area contributed by atoms with Gasteiger partial charge in [-0.25, -0.2) is 0 Å². The number of hydrogen-bond donors (Lipinski definition) is 1. The van der Waals surface area contributed by atoms with Crippen molar-refractivity contribution in [2.24, 2.45) is 20.5 Å². The lowest BCUT2D eigenvalue weighted by molar-refractivity contribution is 0.475. The van der Waals surface area contributed by atoms with Crippen LogP contribution in [-0.4, -0.2) is 5.11 Å². The molecule has 0 bridgehead atoms. The highest BCUT2D eigenvalue weighted by atomic mass is 16.3. The molecule has 0 heterocycles. The van der Waals surface area contributed by atoms with Crippen molar-refractivity contribution in [3.8, 4) is 5.75 Å². The molecule has 0 unspecified atom stereocenters. The summed E-state index contributed by atoms with van der Waals surface area (Å²) in [4.78, 5) is 0. The molecule has 3 aromatic rings. The van der Waals surface area contributed by atoms with Crippen molar-refractivity contribution >= 4 is 22.7 Å². The monoisotopic (exact) mass is 344 g/mol. The minimum Gasteiger partial charge on any atom is -0.508 e. The van der Waals surface area contributed by atoms with Gasteiger partial charge in [0.25, 0.3) is 0 Å². The van der Waals surface area contributed by atoms with Crippen LogP contribution < -0.4 is 0 Å². The highest BCUT2D eigenvalue weighted by Gasteiger charge is 2.05. The van der Waals surface area contributed by atoms with E-state index in [-0.39, 0.29) is 5.75 Å². The largest absolute Gasteiger partial charge is 0.508 e. The Bertz CT molecular complexity index is 935. The molecule has 26 heavy (non-hydrogen) atoms. The van der Waals surface area contributed by atoms with Gasteiger partial charge in [0.05, 0.1) is 22.7 Å². The molecular formula is C21H20N4O. The second-order valence-electron chi connectivity index (χ2n) is 6.18. The van der Waals surface area contributed by atoms with Crippen molar-refractivity contribution in [3.63, 3.8) is 0 Å². The van der Waals surface area contributed by atoms with Gasteiger partial charge in [-0.1, -0.05) is 17.7 Å². The topological polar surface area (TPSA) is 69.7 Å². The second-order valence-corrected chi connectivity index (χ2v) is 6.18. The van der Waals surface area contributed by atoms with Crippen molar-refractivity contribution in [1.82, 2.24) is 0 Å². The van der Waals surface area contributed by atoms with Crippen molar-refractivity contribution < 1.29 is 5.11 Å². The first-order chi connectivity index (χ1) is 12.5. The summed E-state index contributed by atoms with van der Waals surface area (Å²) in [6, 6.07) is 18.4. The van der Waals surface area contributed by atoms with E-state index in [1.807, 2.05) is 57.2 Å². The molecule has 3 aromatic carbocycles. The molecule has 0 aliphatic rings. The van der Waals surface area contributed by atoms with Crippen LogP contribution in [0.25, 0.3) is 0 Å². The number of azo groups is 2. The molecule has 0 aliphatic carbocycles. The molecule has 0 aliphatic heterocycles. The zero-order chi connectivity index (χ0) is 18.5. The number of aromatic hydroxyl groups is 1. The van der Waals surface area contributed by atoms with Crippen molar-refractivity contribution in [3.05, 3.63) is 77.4 Å². The Morgan fingerprint density at radius 2 is 1.04 bits per heavy atom. The fourth-order valence-electron chi connectivity index (χ4n) is 2.50. The third kappa shape index (κ3) is 4.39. The molecule has 1 N–H and O–H groups in total. The smallest absolute Gasteiger partial charge is 0.115 e. The Kier molecular flexibility index (Phi) is 5.17. The van der Waals surface area contributed by atoms with E-state index >= 15 is 0 Å². The number of hydrogen-bond acceptors (Lipinski definition) is 5. The maximum absolute atomic E-state index is 9.32. The van der Waals surface area contributed by atoms with E-state index in [0.29, 0.717) is 5.69 Å². The van der Waals surface area contributed by atoms with Crippen LogP contribution in [0.15, 0.2) is 81.1 Å². The minimum atomic E-state index is 0.208. The SMILES string of the molecule is Cc1ccc(N=Nc2cc(C)c(N=Nc3ccc(O)cc3)c(C)c2)cc1. The number of phenolic OH excluding ortho intramolecular Hbond substituents is 1. The summed E-state index contributed by atoms with van der Waals surface area (Å²) >= 11 is 0. The van der Waals surface area contributed by atoms with E-state index in [9.17, 15) is 5.11 Å². The highest BCUT2D eigenvalue weighted by molar-refractivity contribution is 5.59. The van der Waals surface area contributed by atoms with Crippen LogP contribution in [0.1, 0.15) is 16.7 Å². The summed E-state index contributed by atoms with van der Waals surface area (Å²) in [6.45, 7) is 5.99. The summed E-state index contributed by atoms with van der Waals surface area (Å²) in [5.74, 6) is 0.208. The Labute approximate surface area is 152 Å². The molecule has 3 rings (SSSR count). The lowest BCUT2D eigenvalue weighted by atomic mass is 10.1. The Balaban J connectivity index is 1.81. The molecule has 0 amide bonds. The van der Waals surface area contributed by atoms with Crippen LogP contribution in [0.3, 0.4) is 0 Å². The molecule has 0 atom stereocenters. The van der Waals surface area contributed by atoms with Crippen LogP contribution in [0.5, 0.6) is 5.75 Å². The van der Waals surface area contributed by atoms with E-state index in [4.69, 9.17) is 0 Å². The minimum absolute atomic E-state index is 0.208. The fourth-order valence-corrected chi connectivity index (χ4v) is 2.50. The lowest BCUT2D eigenvalue weighted by Crippen LogP contribution is -1.80. The van der Waals surface area contributed by atoms with Gasteiger partial charge in [-0.15, -0.1) is 0 Å². The van der Waals surface area contributed by atoms with Crippen LogP contribution in [-0.2, 0) is 0 Å². The van der Waals surface area contributed by atoms with Crippen LogP contribution >= 0.6 is 0 Å². The molecule has 5 heteroatoms. The van der Waals surface area contributed by atoms with Gasteiger partial charge >= 0.3 is 0 Å². The number of aryl methyl sites for hydroxylation is 3. The maximum Gasteiger partial charge on any atom is 0.115 e. The van der Waals surface area contributed by atoms with E-state index in [1.54, 1.807) is 24.3 Å². The zero-order valence-corrected chi connectivity index (χ0v) is 15.0. The molecular weight excluding hydrogens is 324 g/mol. The van der Waals surface area contributed by atoms with E-state index in [2.05, 4.69) is 20.5 Å². The zero-order valence-electron chi connectivity index (χ0n) is 15.0. The molecule has 0 fully saturated rings. The number of phenols is 1. The normalized spacial score (nSPS) is 11.5. The third-order valence-electron chi connectivity index (χ3n) is 3.91. The fraction of sp³-hybridized carbons (Fsp3) is 0.143. The molecule has 0 saturated carbocycles. The van der Waals surface area contributed by atoms with Gasteiger partial charge < -0.3 is 5.11 Å². The first-order valence-corrected chi connectivity index (χ1v) is 8.32. The van der Waals surface area contributed by atoms with Gasteiger partial charge in [-0.3, -0.25) is 0 Å². The summed E-state index contributed by atoms with van der Waals surface area (Å²) in [5.41, 5.74) is 6.25. The second kappa shape index (κ2) is 7.70. The standard InChI is InChI=1S/C21H20N4O/c1-14-4-6-17(7-5-14)22-24-19-12-15(2)21(16(3)13-19)25-23-18-8-10-20(26)11-9-18/h4-13,26H,1-3H3. The predicted octanol–water partition coefficient (Wildman–Crippen LogP) is 7.15. The van der Waals surface area contributed by atoms with Crippen molar-refractivity contribution in [2.45, 2.75) is 20.8 Å². The summed E-state index contributed by atoms with van der Waals surface area (Å²) < 4.78 is 0. The number of nitrogens with zero attached hydrogens (tertiary/aromatic N) is 4. The van der Waals surface area contributed by atoms with Gasteiger partial charge in [0.1, 0.15) is 5.75 Å².